The summed E-state index contributed by atoms with van der Waals surface area (Å²) in [6.07, 6.45) is 2.15. The summed E-state index contributed by atoms with van der Waals surface area (Å²) < 4.78 is 0. The minimum atomic E-state index is -0.0282. The number of nitrogens with one attached hydrogen (secondary N) is 1. The van der Waals surface area contributed by atoms with Gasteiger partial charge >= 0.3 is 0 Å². The molecule has 0 unspecified atom stereocenters. The second-order valence-corrected chi connectivity index (χ2v) is 12.1. The number of hydrogen-bond acceptors (Lipinski definition) is 1. The summed E-state index contributed by atoms with van der Waals surface area (Å²) in [5.41, 5.74) is 3.13. The summed E-state index contributed by atoms with van der Waals surface area (Å²) >= 11 is 0. The first-order valence-corrected chi connectivity index (χ1v) is 10.4. The average molecular weight is 372 g/mol. The van der Waals surface area contributed by atoms with Crippen molar-refractivity contribution in [2.75, 3.05) is 0 Å². The Kier molecular flexibility index (Phi) is 6.74. The molecule has 1 aromatic rings. The third-order valence-electron chi connectivity index (χ3n) is 6.66. The van der Waals surface area contributed by atoms with Crippen molar-refractivity contribution in [2.45, 2.75) is 100.0 Å². The fourth-order valence-corrected chi connectivity index (χ4v) is 4.19. The molecule has 1 rings (SSSR count). The maximum atomic E-state index is 4.47. The highest BCUT2D eigenvalue weighted by Gasteiger charge is 2.40. The Morgan fingerprint density at radius 1 is 0.778 bits per heavy atom. The van der Waals surface area contributed by atoms with Crippen LogP contribution in [-0.2, 0) is 5.41 Å². The lowest BCUT2D eigenvalue weighted by molar-refractivity contribution is 0.0757. The summed E-state index contributed by atoms with van der Waals surface area (Å²) in [5, 5.41) is 3.80. The zero-order valence-corrected chi connectivity index (χ0v) is 20.0. The minimum absolute atomic E-state index is 0.0282. The lowest BCUT2D eigenvalue weighted by atomic mass is 9.61. The van der Waals surface area contributed by atoms with Crippen LogP contribution < -0.4 is 5.32 Å². The zero-order valence-electron chi connectivity index (χ0n) is 20.0. The van der Waals surface area contributed by atoms with Crippen LogP contribution >= 0.6 is 0 Å². The molecular weight excluding hydrogens is 326 g/mol. The minimum Gasteiger partial charge on any atom is -0.383 e. The van der Waals surface area contributed by atoms with Gasteiger partial charge in [0.25, 0.3) is 0 Å². The van der Waals surface area contributed by atoms with E-state index in [4.69, 9.17) is 0 Å². The molecule has 0 aliphatic rings. The molecule has 0 aromatic heterocycles. The van der Waals surface area contributed by atoms with Crippen molar-refractivity contribution in [1.82, 2.24) is 5.32 Å². The Labute approximate surface area is 170 Å². The quantitative estimate of drug-likeness (QED) is 0.493. The topological polar surface area (TPSA) is 12.0 Å². The van der Waals surface area contributed by atoms with Gasteiger partial charge in [-0.3, -0.25) is 0 Å². The smallest absolute Gasteiger partial charge is 0.0322 e. The maximum absolute atomic E-state index is 4.47. The van der Waals surface area contributed by atoms with Crippen molar-refractivity contribution < 1.29 is 0 Å². The van der Waals surface area contributed by atoms with Gasteiger partial charge in [0, 0.05) is 16.7 Å². The molecule has 0 aliphatic heterocycles. The second-order valence-electron chi connectivity index (χ2n) is 12.1. The molecule has 0 heterocycles. The molecule has 0 atom stereocenters. The van der Waals surface area contributed by atoms with Crippen LogP contribution in [0, 0.1) is 16.2 Å². The summed E-state index contributed by atoms with van der Waals surface area (Å²) in [7, 11) is 0. The predicted octanol–water partition coefficient (Wildman–Crippen LogP) is 7.72. The van der Waals surface area contributed by atoms with Crippen LogP contribution in [0.2, 0.25) is 0 Å². The van der Waals surface area contributed by atoms with Crippen molar-refractivity contribution in [3.63, 3.8) is 0 Å². The maximum Gasteiger partial charge on any atom is 0.0322 e. The van der Waals surface area contributed by atoms with E-state index in [9.17, 15) is 0 Å². The van der Waals surface area contributed by atoms with E-state index in [0.29, 0.717) is 0 Å². The predicted molar refractivity (Wildman–Crippen MR) is 122 cm³/mol. The van der Waals surface area contributed by atoms with Gasteiger partial charge in [0.05, 0.1) is 0 Å². The number of allylic oxidation sites excluding steroid dienone is 1. The SMILES string of the molecule is C=C(NC(C)(C)CC(C)(C)c1ccccc1)C(C)(C)CC(C)(C)C(C)(C)C. The second kappa shape index (κ2) is 7.64. The van der Waals surface area contributed by atoms with Gasteiger partial charge in [-0.2, -0.15) is 0 Å². The van der Waals surface area contributed by atoms with Gasteiger partial charge in [-0.05, 0) is 48.5 Å². The van der Waals surface area contributed by atoms with Crippen LogP contribution in [0.25, 0.3) is 0 Å². The highest BCUT2D eigenvalue weighted by atomic mass is 15.0. The molecule has 1 heteroatoms. The van der Waals surface area contributed by atoms with E-state index >= 15 is 0 Å². The zero-order chi connectivity index (χ0) is 21.3. The Bertz CT molecular complexity index is 624. The fraction of sp³-hybridized carbons (Fsp3) is 0.692. The van der Waals surface area contributed by atoms with Gasteiger partial charge in [-0.25, -0.2) is 0 Å². The molecule has 27 heavy (non-hydrogen) atoms. The van der Waals surface area contributed by atoms with Gasteiger partial charge in [0.15, 0.2) is 0 Å². The molecular formula is C26H45N. The van der Waals surface area contributed by atoms with Gasteiger partial charge < -0.3 is 5.32 Å². The first kappa shape index (κ1) is 23.8. The summed E-state index contributed by atoms with van der Waals surface area (Å²) in [6.45, 7) is 30.2. The van der Waals surface area contributed by atoms with E-state index in [1.807, 2.05) is 0 Å². The summed E-state index contributed by atoms with van der Waals surface area (Å²) in [6, 6.07) is 10.8. The number of hydrogen-bond donors (Lipinski definition) is 1. The van der Waals surface area contributed by atoms with Crippen molar-refractivity contribution in [2.24, 2.45) is 16.2 Å². The number of benzene rings is 1. The van der Waals surface area contributed by atoms with Gasteiger partial charge in [-0.1, -0.05) is 99.2 Å². The Hall–Kier alpha value is -1.24. The molecule has 0 fully saturated rings. The summed E-state index contributed by atoms with van der Waals surface area (Å²) in [5.74, 6) is 0. The largest absolute Gasteiger partial charge is 0.383 e. The van der Waals surface area contributed by atoms with Crippen LogP contribution in [0.15, 0.2) is 42.6 Å². The molecule has 0 radical (unpaired) electrons. The van der Waals surface area contributed by atoms with Crippen LogP contribution in [0.4, 0.5) is 0 Å². The Morgan fingerprint density at radius 3 is 1.70 bits per heavy atom. The third-order valence-corrected chi connectivity index (χ3v) is 6.66. The van der Waals surface area contributed by atoms with E-state index in [0.717, 1.165) is 18.5 Å². The van der Waals surface area contributed by atoms with Gasteiger partial charge in [0.1, 0.15) is 0 Å². The molecule has 0 spiro atoms. The Morgan fingerprint density at radius 2 is 1.26 bits per heavy atom. The molecule has 154 valence electrons. The molecule has 0 aliphatic carbocycles. The van der Waals surface area contributed by atoms with Gasteiger partial charge in [0.2, 0.25) is 0 Å². The van der Waals surface area contributed by atoms with Crippen LogP contribution in [0.1, 0.15) is 94.6 Å². The lowest BCUT2D eigenvalue weighted by Gasteiger charge is -2.46. The van der Waals surface area contributed by atoms with Crippen LogP contribution in [0.5, 0.6) is 0 Å². The fourth-order valence-electron chi connectivity index (χ4n) is 4.19. The third kappa shape index (κ3) is 6.40. The van der Waals surface area contributed by atoms with E-state index in [-0.39, 0.29) is 27.2 Å². The van der Waals surface area contributed by atoms with Crippen molar-refractivity contribution >= 4 is 0 Å². The van der Waals surface area contributed by atoms with E-state index in [2.05, 4.69) is 118 Å². The molecule has 1 nitrogen and oxygen atoms in total. The van der Waals surface area contributed by atoms with Crippen LogP contribution in [0.3, 0.4) is 0 Å². The summed E-state index contributed by atoms with van der Waals surface area (Å²) in [4.78, 5) is 0. The van der Waals surface area contributed by atoms with Gasteiger partial charge in [-0.15, -0.1) is 0 Å². The lowest BCUT2D eigenvalue weighted by Crippen LogP contribution is -2.47. The molecule has 1 aromatic carbocycles. The van der Waals surface area contributed by atoms with E-state index < -0.39 is 0 Å². The molecule has 0 saturated carbocycles. The molecule has 0 saturated heterocycles. The molecule has 0 amide bonds. The Balaban J connectivity index is 2.90. The van der Waals surface area contributed by atoms with Crippen molar-refractivity contribution in [1.29, 1.82) is 0 Å². The van der Waals surface area contributed by atoms with Crippen molar-refractivity contribution in [3.8, 4) is 0 Å². The van der Waals surface area contributed by atoms with Crippen molar-refractivity contribution in [3.05, 3.63) is 48.2 Å². The monoisotopic (exact) mass is 371 g/mol. The molecule has 0 bridgehead atoms. The highest BCUT2D eigenvalue weighted by molar-refractivity contribution is 5.24. The number of rotatable bonds is 8. The first-order chi connectivity index (χ1) is 11.9. The standard InChI is InChI=1S/C26H45N/c1-20(23(5,6)18-25(9,10)22(2,3)4)27-26(11,12)19-24(7,8)21-16-14-13-15-17-21/h13-17,27H,1,18-19H2,2-12H3. The first-order valence-electron chi connectivity index (χ1n) is 10.4. The normalized spacial score (nSPS) is 14.2. The highest BCUT2D eigenvalue weighted by Crippen LogP contribution is 2.48. The van der Waals surface area contributed by atoms with E-state index in [1.54, 1.807) is 0 Å². The van der Waals surface area contributed by atoms with E-state index in [1.165, 1.54) is 5.56 Å². The average Bonchev–Trinajstić information content (AvgIpc) is 2.44. The van der Waals surface area contributed by atoms with Crippen LogP contribution in [-0.4, -0.2) is 5.54 Å². The molecule has 1 N–H and O–H groups in total.